The van der Waals surface area contributed by atoms with Gasteiger partial charge in [0.05, 0.1) is 11.4 Å². The molecule has 1 aromatic carbocycles. The lowest BCUT2D eigenvalue weighted by atomic mass is 10.2. The largest absolute Gasteiger partial charge is 0.322 e. The lowest BCUT2D eigenvalue weighted by Crippen LogP contribution is -2.49. The van der Waals surface area contributed by atoms with E-state index in [4.69, 9.17) is 0 Å². The molecule has 0 saturated carbocycles. The van der Waals surface area contributed by atoms with Crippen molar-refractivity contribution in [2.75, 3.05) is 31.5 Å². The number of nitrogens with zero attached hydrogens (tertiary/aromatic N) is 7. The SMILES string of the molecule is Cc1ccc(NC(=O)N2CCN(Cc3ccccn3)CC2)cc1-n1cnnn1. The molecule has 9 heteroatoms. The molecular weight excluding hydrogens is 356 g/mol. The van der Waals surface area contributed by atoms with Gasteiger partial charge < -0.3 is 10.2 Å². The van der Waals surface area contributed by atoms with Crippen LogP contribution in [0.1, 0.15) is 11.3 Å². The normalized spacial score (nSPS) is 14.8. The Labute approximate surface area is 163 Å². The Morgan fingerprint density at radius 1 is 1.14 bits per heavy atom. The number of amides is 2. The zero-order chi connectivity index (χ0) is 19.3. The van der Waals surface area contributed by atoms with E-state index in [9.17, 15) is 4.79 Å². The number of carbonyl (C=O) groups is 1. The van der Waals surface area contributed by atoms with Crippen LogP contribution >= 0.6 is 0 Å². The molecule has 1 saturated heterocycles. The lowest BCUT2D eigenvalue weighted by Gasteiger charge is -2.34. The first-order valence-electron chi connectivity index (χ1n) is 9.21. The smallest absolute Gasteiger partial charge is 0.321 e. The first kappa shape index (κ1) is 18.1. The number of rotatable bonds is 4. The first-order valence-corrected chi connectivity index (χ1v) is 9.21. The van der Waals surface area contributed by atoms with Gasteiger partial charge in [-0.25, -0.2) is 9.48 Å². The summed E-state index contributed by atoms with van der Waals surface area (Å²) in [6.45, 7) is 5.81. The highest BCUT2D eigenvalue weighted by atomic mass is 16.2. The second-order valence-electron chi connectivity index (χ2n) is 6.77. The fraction of sp³-hybridized carbons (Fsp3) is 0.316. The summed E-state index contributed by atoms with van der Waals surface area (Å²) in [4.78, 5) is 21.2. The van der Waals surface area contributed by atoms with E-state index in [0.29, 0.717) is 13.1 Å². The monoisotopic (exact) mass is 378 g/mol. The molecule has 144 valence electrons. The van der Waals surface area contributed by atoms with E-state index < -0.39 is 0 Å². The summed E-state index contributed by atoms with van der Waals surface area (Å²) in [5.74, 6) is 0. The number of tetrazole rings is 1. The number of anilines is 1. The summed E-state index contributed by atoms with van der Waals surface area (Å²) in [7, 11) is 0. The van der Waals surface area contributed by atoms with Gasteiger partial charge in [-0.3, -0.25) is 9.88 Å². The summed E-state index contributed by atoms with van der Waals surface area (Å²) < 4.78 is 1.58. The second kappa shape index (κ2) is 8.13. The number of hydrogen-bond donors (Lipinski definition) is 1. The van der Waals surface area contributed by atoms with Crippen LogP contribution in [0.2, 0.25) is 0 Å². The molecule has 0 unspecified atom stereocenters. The number of nitrogens with one attached hydrogen (secondary N) is 1. The van der Waals surface area contributed by atoms with Gasteiger partial charge in [-0.05, 0) is 47.2 Å². The molecule has 1 aliphatic heterocycles. The summed E-state index contributed by atoms with van der Waals surface area (Å²) in [5.41, 5.74) is 3.63. The van der Waals surface area contributed by atoms with Crippen LogP contribution in [0, 0.1) is 6.92 Å². The van der Waals surface area contributed by atoms with Crippen molar-refractivity contribution in [1.82, 2.24) is 35.0 Å². The maximum absolute atomic E-state index is 12.7. The fourth-order valence-electron chi connectivity index (χ4n) is 3.24. The molecule has 0 bridgehead atoms. The van der Waals surface area contributed by atoms with Crippen LogP contribution in [0.4, 0.5) is 10.5 Å². The summed E-state index contributed by atoms with van der Waals surface area (Å²) in [6, 6.07) is 11.6. The molecule has 3 aromatic rings. The molecule has 1 N–H and O–H groups in total. The molecule has 4 rings (SSSR count). The quantitative estimate of drug-likeness (QED) is 0.743. The van der Waals surface area contributed by atoms with Crippen LogP contribution in [0.3, 0.4) is 0 Å². The number of piperazine rings is 1. The Balaban J connectivity index is 1.34. The van der Waals surface area contributed by atoms with Gasteiger partial charge in [0.2, 0.25) is 0 Å². The Morgan fingerprint density at radius 3 is 2.71 bits per heavy atom. The molecule has 0 radical (unpaired) electrons. The maximum Gasteiger partial charge on any atom is 0.321 e. The molecule has 2 aromatic heterocycles. The van der Waals surface area contributed by atoms with Gasteiger partial charge in [0.25, 0.3) is 0 Å². The number of aromatic nitrogens is 5. The Bertz CT molecular complexity index is 920. The summed E-state index contributed by atoms with van der Waals surface area (Å²) in [5, 5.41) is 14.2. The lowest BCUT2D eigenvalue weighted by molar-refractivity contribution is 0.142. The molecule has 1 fully saturated rings. The summed E-state index contributed by atoms with van der Waals surface area (Å²) >= 11 is 0. The zero-order valence-electron chi connectivity index (χ0n) is 15.7. The summed E-state index contributed by atoms with van der Waals surface area (Å²) in [6.07, 6.45) is 3.35. The third-order valence-corrected chi connectivity index (χ3v) is 4.83. The van der Waals surface area contributed by atoms with Crippen molar-refractivity contribution in [1.29, 1.82) is 0 Å². The Kier molecular flexibility index (Phi) is 5.24. The van der Waals surface area contributed by atoms with Crippen molar-refractivity contribution >= 4 is 11.7 Å². The molecule has 2 amide bonds. The minimum absolute atomic E-state index is 0.0935. The van der Waals surface area contributed by atoms with E-state index in [1.165, 1.54) is 6.33 Å². The van der Waals surface area contributed by atoms with Crippen LogP contribution in [-0.2, 0) is 6.54 Å². The minimum Gasteiger partial charge on any atom is -0.322 e. The van der Waals surface area contributed by atoms with Gasteiger partial charge in [0.15, 0.2) is 0 Å². The number of aryl methyl sites for hydroxylation is 1. The van der Waals surface area contributed by atoms with Gasteiger partial charge in [0, 0.05) is 44.6 Å². The van der Waals surface area contributed by atoms with Gasteiger partial charge in [-0.15, -0.1) is 5.10 Å². The molecule has 0 spiro atoms. The number of hydrogen-bond acceptors (Lipinski definition) is 6. The third kappa shape index (κ3) is 4.15. The average molecular weight is 378 g/mol. The van der Waals surface area contributed by atoms with E-state index in [1.807, 2.05) is 54.4 Å². The number of urea groups is 1. The maximum atomic E-state index is 12.7. The zero-order valence-corrected chi connectivity index (χ0v) is 15.7. The van der Waals surface area contributed by atoms with E-state index in [2.05, 4.69) is 30.7 Å². The Hall–Kier alpha value is -3.33. The molecule has 9 nitrogen and oxygen atoms in total. The van der Waals surface area contributed by atoms with Crippen LogP contribution in [0.15, 0.2) is 48.9 Å². The third-order valence-electron chi connectivity index (χ3n) is 4.83. The number of benzene rings is 1. The molecule has 0 atom stereocenters. The Morgan fingerprint density at radius 2 is 2.00 bits per heavy atom. The van der Waals surface area contributed by atoms with Crippen molar-refractivity contribution in [3.63, 3.8) is 0 Å². The highest BCUT2D eigenvalue weighted by molar-refractivity contribution is 5.89. The van der Waals surface area contributed by atoms with Crippen molar-refractivity contribution in [2.45, 2.75) is 13.5 Å². The van der Waals surface area contributed by atoms with E-state index in [1.54, 1.807) is 4.68 Å². The molecule has 28 heavy (non-hydrogen) atoms. The van der Waals surface area contributed by atoms with E-state index >= 15 is 0 Å². The second-order valence-corrected chi connectivity index (χ2v) is 6.77. The highest BCUT2D eigenvalue weighted by Gasteiger charge is 2.21. The van der Waals surface area contributed by atoms with E-state index in [0.717, 1.165) is 42.3 Å². The molecule has 0 aliphatic carbocycles. The predicted molar refractivity (Wildman–Crippen MR) is 104 cm³/mol. The minimum atomic E-state index is -0.0935. The molecule has 1 aliphatic rings. The van der Waals surface area contributed by atoms with Crippen molar-refractivity contribution in [3.05, 3.63) is 60.2 Å². The van der Waals surface area contributed by atoms with Gasteiger partial charge in [-0.2, -0.15) is 0 Å². The van der Waals surface area contributed by atoms with Gasteiger partial charge >= 0.3 is 6.03 Å². The topological polar surface area (TPSA) is 92.1 Å². The number of pyridine rings is 1. The standard InChI is InChI=1S/C19H22N8O/c1-15-5-6-16(12-18(15)27-14-21-23-24-27)22-19(28)26-10-8-25(9-11-26)13-17-4-2-3-7-20-17/h2-7,12,14H,8-11,13H2,1H3,(H,22,28). The number of carbonyl (C=O) groups excluding carboxylic acids is 1. The van der Waals surface area contributed by atoms with Crippen LogP contribution in [0.5, 0.6) is 0 Å². The average Bonchev–Trinajstić information content (AvgIpc) is 3.25. The molecular formula is C19H22N8O. The first-order chi connectivity index (χ1) is 13.7. The van der Waals surface area contributed by atoms with Crippen molar-refractivity contribution in [2.24, 2.45) is 0 Å². The predicted octanol–water partition coefficient (Wildman–Crippen LogP) is 1.72. The van der Waals surface area contributed by atoms with Crippen LogP contribution in [-0.4, -0.2) is 67.2 Å². The van der Waals surface area contributed by atoms with Crippen molar-refractivity contribution in [3.8, 4) is 5.69 Å². The van der Waals surface area contributed by atoms with Crippen LogP contribution < -0.4 is 5.32 Å². The van der Waals surface area contributed by atoms with Gasteiger partial charge in [-0.1, -0.05) is 12.1 Å². The fourth-order valence-corrected chi connectivity index (χ4v) is 3.24. The van der Waals surface area contributed by atoms with Crippen LogP contribution in [0.25, 0.3) is 5.69 Å². The molecule has 3 heterocycles. The van der Waals surface area contributed by atoms with Gasteiger partial charge in [0.1, 0.15) is 6.33 Å². The highest BCUT2D eigenvalue weighted by Crippen LogP contribution is 2.19. The van der Waals surface area contributed by atoms with Crippen molar-refractivity contribution < 1.29 is 4.79 Å². The van der Waals surface area contributed by atoms with E-state index in [-0.39, 0.29) is 6.03 Å².